The van der Waals surface area contributed by atoms with Gasteiger partial charge in [0.05, 0.1) is 25.1 Å². The van der Waals surface area contributed by atoms with E-state index in [1.807, 2.05) is 0 Å². The molecule has 204 valence electrons. The average Bonchev–Trinajstić information content (AvgIpc) is 3.58. The second-order valence-electron chi connectivity index (χ2n) is 9.04. The van der Waals surface area contributed by atoms with Crippen molar-refractivity contribution < 1.29 is 9.18 Å². The first-order valence-electron chi connectivity index (χ1n) is 12.4. The Labute approximate surface area is 236 Å². The van der Waals surface area contributed by atoms with E-state index in [4.69, 9.17) is 11.6 Å². The van der Waals surface area contributed by atoms with E-state index in [-0.39, 0.29) is 16.8 Å². The molecule has 13 heteroatoms. The minimum atomic E-state index is -0.839. The molecule has 9 nitrogen and oxygen atoms in total. The van der Waals surface area contributed by atoms with Crippen LogP contribution in [0.25, 0.3) is 16.6 Å². The molecule has 39 heavy (non-hydrogen) atoms. The second-order valence-corrected chi connectivity index (χ2v) is 11.9. The number of urea groups is 1. The molecule has 0 bridgehead atoms. The summed E-state index contributed by atoms with van der Waals surface area (Å²) in [6.07, 6.45) is 3.51. The number of rotatable bonds is 9. The van der Waals surface area contributed by atoms with Crippen LogP contribution in [0.15, 0.2) is 62.3 Å². The fourth-order valence-electron chi connectivity index (χ4n) is 4.46. The lowest BCUT2D eigenvalue weighted by molar-refractivity contribution is 0.257. The zero-order valence-corrected chi connectivity index (χ0v) is 23.1. The minimum Gasteiger partial charge on any atom is -0.385 e. The van der Waals surface area contributed by atoms with E-state index in [0.717, 1.165) is 65.1 Å². The highest BCUT2D eigenvalue weighted by Gasteiger charge is 2.15. The number of thiophene rings is 1. The number of aromatic nitrogens is 2. The number of fused-ring (bicyclic) bond motifs is 1. The highest BCUT2D eigenvalue weighted by molar-refractivity contribution is 7.99. The minimum absolute atomic E-state index is 0.157. The number of carbonyl (C=O) groups excluding carboxylic acids is 1. The molecule has 0 unspecified atom stereocenters. The van der Waals surface area contributed by atoms with Crippen LogP contribution in [0.2, 0.25) is 4.34 Å². The molecular weight excluding hydrogens is 563 g/mol. The number of halogens is 2. The Hall–Kier alpha value is -3.32. The van der Waals surface area contributed by atoms with Crippen molar-refractivity contribution in [1.82, 2.24) is 19.2 Å². The number of anilines is 2. The molecule has 1 fully saturated rings. The Morgan fingerprint density at radius 1 is 1.08 bits per heavy atom. The maximum atomic E-state index is 15.0. The van der Waals surface area contributed by atoms with Crippen molar-refractivity contribution in [3.8, 4) is 5.69 Å². The smallest absolute Gasteiger partial charge is 0.333 e. The first-order valence-corrected chi connectivity index (χ1v) is 14.4. The van der Waals surface area contributed by atoms with Crippen LogP contribution in [0.5, 0.6) is 0 Å². The summed E-state index contributed by atoms with van der Waals surface area (Å²) in [5.74, 6) is -0.839. The molecule has 4 aromatic rings. The highest BCUT2D eigenvalue weighted by Crippen LogP contribution is 2.28. The molecule has 4 N–H and O–H groups in total. The van der Waals surface area contributed by atoms with Crippen LogP contribution in [0.1, 0.15) is 19.3 Å². The van der Waals surface area contributed by atoms with E-state index in [9.17, 15) is 14.4 Å². The summed E-state index contributed by atoms with van der Waals surface area (Å²) in [5.41, 5.74) is -0.313. The highest BCUT2D eigenvalue weighted by atomic mass is 35.5. The summed E-state index contributed by atoms with van der Waals surface area (Å²) in [6, 6.07) is 11.7. The van der Waals surface area contributed by atoms with Crippen molar-refractivity contribution in [1.29, 1.82) is 0 Å². The maximum absolute atomic E-state index is 15.0. The SMILES string of the molecule is O=C(NSc1ccc(Cl)s1)Nc1ccc(-n2c(=O)[nH]c3cc(NCCCN4CCCC4)ccc3c2=O)c(F)c1. The number of hydrogen-bond donors (Lipinski definition) is 4. The molecule has 3 heterocycles. The Balaban J connectivity index is 1.27. The van der Waals surface area contributed by atoms with E-state index in [0.29, 0.717) is 9.85 Å². The van der Waals surface area contributed by atoms with E-state index in [2.05, 4.69) is 25.2 Å². The van der Waals surface area contributed by atoms with E-state index in [1.165, 1.54) is 36.3 Å². The molecule has 2 amide bonds. The molecule has 1 saturated heterocycles. The number of likely N-dealkylation sites (tertiary alicyclic amines) is 1. The van der Waals surface area contributed by atoms with Crippen LogP contribution >= 0.6 is 34.9 Å². The molecule has 0 atom stereocenters. The van der Waals surface area contributed by atoms with Gasteiger partial charge in [-0.05, 0) is 99.4 Å². The van der Waals surface area contributed by atoms with Gasteiger partial charge in [0.25, 0.3) is 5.56 Å². The number of H-pyrrole nitrogens is 1. The number of nitrogens with one attached hydrogen (secondary N) is 4. The van der Waals surface area contributed by atoms with Gasteiger partial charge in [-0.15, -0.1) is 11.3 Å². The van der Waals surface area contributed by atoms with Crippen molar-refractivity contribution in [2.24, 2.45) is 0 Å². The van der Waals surface area contributed by atoms with Gasteiger partial charge in [0, 0.05) is 17.9 Å². The standard InChI is InChI=1S/C26H26ClFN6O3S2/c27-22-8-9-23(38-22)39-32-25(36)30-17-5-7-21(19(28)14-17)34-24(35)18-6-4-16(15-20(18)31-26(34)37)29-10-3-13-33-11-1-2-12-33/h4-9,14-15,29H,1-3,10-13H2,(H,31,37)(H2,30,32,36). The quantitative estimate of drug-likeness (QED) is 0.157. The summed E-state index contributed by atoms with van der Waals surface area (Å²) in [5, 5.41) is 6.10. The zero-order valence-electron chi connectivity index (χ0n) is 20.8. The third kappa shape index (κ3) is 6.64. The number of hydrogen-bond acceptors (Lipinski definition) is 7. The summed E-state index contributed by atoms with van der Waals surface area (Å²) in [7, 11) is 0. The lowest BCUT2D eigenvalue weighted by atomic mass is 10.2. The first-order chi connectivity index (χ1) is 18.9. The van der Waals surface area contributed by atoms with E-state index < -0.39 is 23.1 Å². The maximum Gasteiger partial charge on any atom is 0.333 e. The average molecular weight is 589 g/mol. The van der Waals surface area contributed by atoms with E-state index in [1.54, 1.807) is 30.3 Å². The third-order valence-corrected chi connectivity index (χ3v) is 8.47. The number of amides is 2. The fourth-order valence-corrected chi connectivity index (χ4v) is 6.32. The molecule has 0 radical (unpaired) electrons. The molecule has 0 spiro atoms. The van der Waals surface area contributed by atoms with Gasteiger partial charge in [0.15, 0.2) is 0 Å². The third-order valence-electron chi connectivity index (χ3n) is 6.32. The van der Waals surface area contributed by atoms with Crippen molar-refractivity contribution >= 4 is 63.2 Å². The molecule has 0 aliphatic carbocycles. The van der Waals surface area contributed by atoms with Gasteiger partial charge in [-0.3, -0.25) is 9.52 Å². The fraction of sp³-hybridized carbons (Fsp3) is 0.269. The Bertz CT molecular complexity index is 1620. The zero-order chi connectivity index (χ0) is 27.4. The molecular formula is C26H26ClFN6O3S2. The van der Waals surface area contributed by atoms with Crippen LogP contribution in [-0.4, -0.2) is 46.7 Å². The largest absolute Gasteiger partial charge is 0.385 e. The van der Waals surface area contributed by atoms with Crippen molar-refractivity contribution in [3.63, 3.8) is 0 Å². The van der Waals surface area contributed by atoms with Gasteiger partial charge in [-0.1, -0.05) is 11.6 Å². The van der Waals surface area contributed by atoms with Gasteiger partial charge in [-0.25, -0.2) is 18.5 Å². The number of nitrogens with zero attached hydrogens (tertiary/aromatic N) is 2. The van der Waals surface area contributed by atoms with Crippen molar-refractivity contribution in [3.05, 3.63) is 79.5 Å². The van der Waals surface area contributed by atoms with Crippen LogP contribution in [-0.2, 0) is 0 Å². The summed E-state index contributed by atoms with van der Waals surface area (Å²) in [4.78, 5) is 43.3. The Morgan fingerprint density at radius 2 is 1.87 bits per heavy atom. The Kier molecular flexibility index (Phi) is 8.56. The van der Waals surface area contributed by atoms with Crippen molar-refractivity contribution in [2.45, 2.75) is 23.5 Å². The summed E-state index contributed by atoms with van der Waals surface area (Å²) >= 11 is 8.25. The predicted octanol–water partition coefficient (Wildman–Crippen LogP) is 5.26. The van der Waals surface area contributed by atoms with Gasteiger partial charge >= 0.3 is 11.7 Å². The van der Waals surface area contributed by atoms with Crippen LogP contribution in [0.4, 0.5) is 20.6 Å². The van der Waals surface area contributed by atoms with Gasteiger partial charge in [-0.2, -0.15) is 0 Å². The Morgan fingerprint density at radius 3 is 2.62 bits per heavy atom. The van der Waals surface area contributed by atoms with Crippen LogP contribution in [0, 0.1) is 5.82 Å². The molecule has 5 rings (SSSR count). The van der Waals surface area contributed by atoms with Crippen LogP contribution < -0.4 is 26.6 Å². The number of aromatic amines is 1. The van der Waals surface area contributed by atoms with Crippen LogP contribution in [0.3, 0.4) is 0 Å². The summed E-state index contributed by atoms with van der Waals surface area (Å²) in [6.45, 7) is 4.12. The first kappa shape index (κ1) is 27.3. The topological polar surface area (TPSA) is 111 Å². The molecule has 0 saturated carbocycles. The normalized spacial score (nSPS) is 13.6. The van der Waals surface area contributed by atoms with Crippen molar-refractivity contribution in [2.75, 3.05) is 36.8 Å². The molecule has 2 aromatic heterocycles. The van der Waals surface area contributed by atoms with Gasteiger partial charge in [0.1, 0.15) is 5.82 Å². The molecule has 1 aliphatic rings. The lowest BCUT2D eigenvalue weighted by Gasteiger charge is -2.15. The molecule has 2 aromatic carbocycles. The molecule has 1 aliphatic heterocycles. The van der Waals surface area contributed by atoms with Gasteiger partial charge in [0.2, 0.25) is 0 Å². The summed E-state index contributed by atoms with van der Waals surface area (Å²) < 4.78 is 19.7. The predicted molar refractivity (Wildman–Crippen MR) is 156 cm³/mol. The second kappa shape index (κ2) is 12.2. The van der Waals surface area contributed by atoms with E-state index >= 15 is 4.39 Å². The lowest BCUT2D eigenvalue weighted by Crippen LogP contribution is -2.34. The number of carbonyl (C=O) groups is 1. The monoisotopic (exact) mass is 588 g/mol. The van der Waals surface area contributed by atoms with Gasteiger partial charge < -0.3 is 20.5 Å². The number of benzene rings is 2.